The molecule has 8 rings (SSSR count). The first-order valence-electron chi connectivity index (χ1n) is 14.6. The molecule has 0 heteroatoms. The predicted molar refractivity (Wildman–Crippen MR) is 173 cm³/mol. The molecule has 0 nitrogen and oxygen atoms in total. The van der Waals surface area contributed by atoms with Gasteiger partial charge >= 0.3 is 0 Å². The van der Waals surface area contributed by atoms with Gasteiger partial charge < -0.3 is 0 Å². The Balaban J connectivity index is 0.000000156. The average molecular weight is 527 g/mol. The van der Waals surface area contributed by atoms with Gasteiger partial charge in [-0.2, -0.15) is 0 Å². The molecule has 0 atom stereocenters. The van der Waals surface area contributed by atoms with Crippen LogP contribution in [0.2, 0.25) is 0 Å². The molecule has 0 saturated heterocycles. The van der Waals surface area contributed by atoms with E-state index in [1.165, 1.54) is 55.7 Å². The van der Waals surface area contributed by atoms with Gasteiger partial charge in [-0.15, -0.1) is 0 Å². The molecular weight excluding hydrogens is 492 g/mol. The first kappa shape index (κ1) is 25.3. The van der Waals surface area contributed by atoms with Crippen LogP contribution in [0.15, 0.2) is 163 Å². The predicted octanol–water partition coefficient (Wildman–Crippen LogP) is 10.3. The molecule has 3 aliphatic carbocycles. The average Bonchev–Trinajstić information content (AvgIpc) is 3.28. The van der Waals surface area contributed by atoms with E-state index in [1.54, 1.807) is 0 Å². The first-order chi connectivity index (χ1) is 20.1. The van der Waals surface area contributed by atoms with Crippen molar-refractivity contribution in [1.29, 1.82) is 0 Å². The van der Waals surface area contributed by atoms with E-state index in [0.29, 0.717) is 0 Å². The lowest BCUT2D eigenvalue weighted by atomic mass is 9.67. The monoisotopic (exact) mass is 526 g/mol. The Morgan fingerprint density at radius 2 is 0.927 bits per heavy atom. The van der Waals surface area contributed by atoms with Gasteiger partial charge in [0.2, 0.25) is 0 Å². The summed E-state index contributed by atoms with van der Waals surface area (Å²) in [7, 11) is 0. The Kier molecular flexibility index (Phi) is 6.20. The van der Waals surface area contributed by atoms with Gasteiger partial charge in [-0.05, 0) is 62.1 Å². The van der Waals surface area contributed by atoms with Crippen LogP contribution in [0.25, 0.3) is 16.7 Å². The summed E-state index contributed by atoms with van der Waals surface area (Å²) >= 11 is 0. The van der Waals surface area contributed by atoms with Crippen molar-refractivity contribution < 1.29 is 0 Å². The molecule has 5 aromatic carbocycles. The Hall–Kier alpha value is -4.68. The van der Waals surface area contributed by atoms with Crippen molar-refractivity contribution in [2.24, 2.45) is 0 Å². The number of rotatable bonds is 2. The van der Waals surface area contributed by atoms with Gasteiger partial charge in [-0.1, -0.05) is 172 Å². The van der Waals surface area contributed by atoms with Gasteiger partial charge in [0.05, 0.1) is 5.41 Å². The molecule has 0 spiro atoms. The third-order valence-corrected chi connectivity index (χ3v) is 9.12. The maximum Gasteiger partial charge on any atom is 0.0710 e. The maximum absolute atomic E-state index is 2.32. The van der Waals surface area contributed by atoms with Gasteiger partial charge in [0.15, 0.2) is 0 Å². The number of fused-ring (bicyclic) bond motifs is 5. The van der Waals surface area contributed by atoms with Crippen LogP contribution in [-0.4, -0.2) is 0 Å². The number of hydrogen-bond acceptors (Lipinski definition) is 0. The molecule has 198 valence electrons. The molecule has 0 fully saturated rings. The molecule has 0 heterocycles. The fourth-order valence-corrected chi connectivity index (χ4v) is 7.29. The van der Waals surface area contributed by atoms with Gasteiger partial charge in [-0.3, -0.25) is 0 Å². The quantitative estimate of drug-likeness (QED) is 0.215. The second-order valence-corrected chi connectivity index (χ2v) is 11.6. The van der Waals surface area contributed by atoms with Crippen molar-refractivity contribution in [3.05, 3.63) is 197 Å². The van der Waals surface area contributed by atoms with Crippen LogP contribution >= 0.6 is 0 Å². The molecule has 0 saturated carbocycles. The fraction of sp³-hybridized carbons (Fsp3) is 0.122. The van der Waals surface area contributed by atoms with Crippen LogP contribution in [0.4, 0.5) is 0 Å². The lowest BCUT2D eigenvalue weighted by Crippen LogP contribution is -2.29. The normalized spacial score (nSPS) is 16.5. The van der Waals surface area contributed by atoms with E-state index in [0.717, 1.165) is 6.42 Å². The van der Waals surface area contributed by atoms with E-state index in [2.05, 4.69) is 172 Å². The zero-order chi connectivity index (χ0) is 27.9. The van der Waals surface area contributed by atoms with Gasteiger partial charge in [0.1, 0.15) is 0 Å². The second kappa shape index (κ2) is 10.1. The minimum absolute atomic E-state index is 0.160. The first-order valence-corrected chi connectivity index (χ1v) is 14.6. The molecule has 0 N–H and O–H groups in total. The highest BCUT2D eigenvalue weighted by Crippen LogP contribution is 2.56. The highest BCUT2D eigenvalue weighted by atomic mass is 14.5. The Bertz CT molecular complexity index is 1730. The van der Waals surface area contributed by atoms with Gasteiger partial charge in [-0.25, -0.2) is 0 Å². The third-order valence-electron chi connectivity index (χ3n) is 9.12. The van der Waals surface area contributed by atoms with E-state index in [1.807, 2.05) is 0 Å². The number of benzene rings is 5. The molecule has 3 aliphatic rings. The molecule has 41 heavy (non-hydrogen) atoms. The molecule has 0 radical (unpaired) electrons. The Morgan fingerprint density at radius 3 is 1.49 bits per heavy atom. The third kappa shape index (κ3) is 3.90. The largest absolute Gasteiger partial charge is 0.0801 e. The minimum atomic E-state index is -0.253. The van der Waals surface area contributed by atoms with E-state index >= 15 is 0 Å². The summed E-state index contributed by atoms with van der Waals surface area (Å²) in [6.45, 7) is 4.61. The summed E-state index contributed by atoms with van der Waals surface area (Å²) in [5, 5.41) is 0. The topological polar surface area (TPSA) is 0 Å². The summed E-state index contributed by atoms with van der Waals surface area (Å²) < 4.78 is 0. The molecule has 0 aliphatic heterocycles. The zero-order valence-corrected chi connectivity index (χ0v) is 23.7. The van der Waals surface area contributed by atoms with Crippen LogP contribution in [0.5, 0.6) is 0 Å². The fourth-order valence-electron chi connectivity index (χ4n) is 7.29. The van der Waals surface area contributed by atoms with Crippen LogP contribution in [0.3, 0.4) is 0 Å². The summed E-state index contributed by atoms with van der Waals surface area (Å²) in [5.41, 5.74) is 13.9. The lowest BCUT2D eigenvalue weighted by molar-refractivity contribution is 0.660. The maximum atomic E-state index is 2.32. The second-order valence-electron chi connectivity index (χ2n) is 11.6. The standard InChI is InChI=1S/C26H20.C15H14/c1-4-12-20(13-5-1)26(21-14-6-2-7-15-21)24-18-9-3-8-16-22(24)23-17-10-11-19-25(23)26;1-15(2)13-9-5-3-7-11(13)12-8-4-6-10-14(12)15/h1-15,17-19H,16H2;3-10H,1-2H3. The Morgan fingerprint density at radius 1 is 0.463 bits per heavy atom. The molecule has 0 amide bonds. The molecule has 5 aromatic rings. The van der Waals surface area contributed by atoms with Crippen molar-refractivity contribution >= 4 is 5.57 Å². The minimum Gasteiger partial charge on any atom is -0.0801 e. The van der Waals surface area contributed by atoms with Crippen molar-refractivity contribution in [3.8, 4) is 11.1 Å². The molecule has 0 unspecified atom stereocenters. The Labute approximate surface area is 244 Å². The summed E-state index contributed by atoms with van der Waals surface area (Å²) in [6.07, 6.45) is 9.91. The van der Waals surface area contributed by atoms with Gasteiger partial charge in [0.25, 0.3) is 0 Å². The van der Waals surface area contributed by atoms with Crippen molar-refractivity contribution in [1.82, 2.24) is 0 Å². The SMILES string of the molecule is C1=CCC2=C(C=C1)C(c1ccccc1)(c1ccccc1)c1ccccc12.CC1(C)c2ccccc2-c2ccccc21. The van der Waals surface area contributed by atoms with Gasteiger partial charge in [0, 0.05) is 5.41 Å². The van der Waals surface area contributed by atoms with Crippen molar-refractivity contribution in [2.45, 2.75) is 31.1 Å². The molecule has 0 bridgehead atoms. The molecule has 0 aromatic heterocycles. The highest BCUT2D eigenvalue weighted by Gasteiger charge is 2.46. The van der Waals surface area contributed by atoms with Crippen molar-refractivity contribution in [3.63, 3.8) is 0 Å². The van der Waals surface area contributed by atoms with Crippen molar-refractivity contribution in [2.75, 3.05) is 0 Å². The van der Waals surface area contributed by atoms with E-state index in [9.17, 15) is 0 Å². The van der Waals surface area contributed by atoms with Crippen LogP contribution in [-0.2, 0) is 10.8 Å². The van der Waals surface area contributed by atoms with E-state index in [4.69, 9.17) is 0 Å². The summed E-state index contributed by atoms with van der Waals surface area (Å²) in [4.78, 5) is 0. The lowest BCUT2D eigenvalue weighted by Gasteiger charge is -2.34. The zero-order valence-electron chi connectivity index (χ0n) is 23.7. The number of allylic oxidation sites excluding steroid dienone is 6. The van der Waals surface area contributed by atoms with E-state index < -0.39 is 0 Å². The van der Waals surface area contributed by atoms with Crippen LogP contribution < -0.4 is 0 Å². The summed E-state index contributed by atoms with van der Waals surface area (Å²) in [5.74, 6) is 0. The summed E-state index contributed by atoms with van der Waals surface area (Å²) in [6, 6.07) is 48.3. The smallest absolute Gasteiger partial charge is 0.0710 e. The number of hydrogen-bond donors (Lipinski definition) is 0. The highest BCUT2D eigenvalue weighted by molar-refractivity contribution is 5.88. The molecular formula is C41H34. The van der Waals surface area contributed by atoms with Crippen LogP contribution in [0, 0.1) is 0 Å². The van der Waals surface area contributed by atoms with Crippen LogP contribution in [0.1, 0.15) is 53.6 Å². The van der Waals surface area contributed by atoms with E-state index in [-0.39, 0.29) is 10.8 Å².